The standard InChI is InChI=1S/C15H28N2O2/c1-6-12-16-13(10(2)3)14(18)17(12)11-7-8-19-15(4,5)9-11/h10-13,16H,6-9H2,1-5H3. The van der Waals surface area contributed by atoms with Gasteiger partial charge in [0.05, 0.1) is 17.8 Å². The van der Waals surface area contributed by atoms with Crippen LogP contribution in [-0.4, -0.2) is 41.3 Å². The van der Waals surface area contributed by atoms with E-state index in [0.717, 1.165) is 25.9 Å². The normalized spacial score (nSPS) is 35.2. The van der Waals surface area contributed by atoms with E-state index in [9.17, 15) is 4.79 Å². The number of hydrogen-bond donors (Lipinski definition) is 1. The van der Waals surface area contributed by atoms with Crippen LogP contribution in [0.3, 0.4) is 0 Å². The first-order chi connectivity index (χ1) is 8.85. The van der Waals surface area contributed by atoms with Gasteiger partial charge in [0.2, 0.25) is 5.91 Å². The predicted molar refractivity (Wildman–Crippen MR) is 75.7 cm³/mol. The van der Waals surface area contributed by atoms with Gasteiger partial charge in [0.25, 0.3) is 0 Å². The van der Waals surface area contributed by atoms with Crippen molar-refractivity contribution in [1.82, 2.24) is 10.2 Å². The lowest BCUT2D eigenvalue weighted by Gasteiger charge is -2.41. The van der Waals surface area contributed by atoms with Crippen molar-refractivity contribution in [3.63, 3.8) is 0 Å². The Kier molecular flexibility index (Phi) is 4.21. The van der Waals surface area contributed by atoms with Crippen molar-refractivity contribution in [3.05, 3.63) is 0 Å². The van der Waals surface area contributed by atoms with Gasteiger partial charge < -0.3 is 9.64 Å². The second-order valence-electron chi connectivity index (χ2n) is 6.81. The molecule has 4 nitrogen and oxygen atoms in total. The highest BCUT2D eigenvalue weighted by Gasteiger charge is 2.45. The maximum absolute atomic E-state index is 12.6. The van der Waals surface area contributed by atoms with Gasteiger partial charge in [-0.15, -0.1) is 0 Å². The number of ether oxygens (including phenoxy) is 1. The molecule has 4 heteroatoms. The van der Waals surface area contributed by atoms with Gasteiger partial charge in [0.15, 0.2) is 0 Å². The van der Waals surface area contributed by atoms with E-state index in [4.69, 9.17) is 4.74 Å². The molecule has 2 aliphatic heterocycles. The van der Waals surface area contributed by atoms with Crippen molar-refractivity contribution in [2.45, 2.75) is 77.7 Å². The third kappa shape index (κ3) is 2.95. The molecule has 110 valence electrons. The van der Waals surface area contributed by atoms with Gasteiger partial charge in [-0.1, -0.05) is 20.8 Å². The molecule has 0 aromatic heterocycles. The summed E-state index contributed by atoms with van der Waals surface area (Å²) in [6.07, 6.45) is 3.05. The number of nitrogens with zero attached hydrogens (tertiary/aromatic N) is 1. The van der Waals surface area contributed by atoms with E-state index >= 15 is 0 Å². The lowest BCUT2D eigenvalue weighted by molar-refractivity contribution is -0.139. The van der Waals surface area contributed by atoms with Crippen LogP contribution >= 0.6 is 0 Å². The van der Waals surface area contributed by atoms with E-state index < -0.39 is 0 Å². The summed E-state index contributed by atoms with van der Waals surface area (Å²) in [5.74, 6) is 0.629. The van der Waals surface area contributed by atoms with Crippen LogP contribution in [0.25, 0.3) is 0 Å². The summed E-state index contributed by atoms with van der Waals surface area (Å²) in [5.41, 5.74) is -0.114. The third-order valence-corrected chi connectivity index (χ3v) is 4.35. The zero-order valence-corrected chi connectivity index (χ0v) is 12.9. The first kappa shape index (κ1) is 14.8. The summed E-state index contributed by atoms with van der Waals surface area (Å²) in [6.45, 7) is 11.4. The molecular weight excluding hydrogens is 240 g/mol. The van der Waals surface area contributed by atoms with Gasteiger partial charge in [-0.3, -0.25) is 10.1 Å². The molecule has 0 spiro atoms. The highest BCUT2D eigenvalue weighted by molar-refractivity contribution is 5.85. The van der Waals surface area contributed by atoms with Gasteiger partial charge in [-0.05, 0) is 39.0 Å². The SMILES string of the molecule is CCC1NC(C(C)C)C(=O)N1C1CCOC(C)(C)C1. The minimum absolute atomic E-state index is 0.0177. The Bertz CT molecular complexity index is 341. The van der Waals surface area contributed by atoms with E-state index in [1.807, 2.05) is 0 Å². The zero-order chi connectivity index (χ0) is 14.2. The molecule has 3 atom stereocenters. The Morgan fingerprint density at radius 1 is 1.47 bits per heavy atom. The van der Waals surface area contributed by atoms with Crippen molar-refractivity contribution in [2.75, 3.05) is 6.61 Å². The van der Waals surface area contributed by atoms with Gasteiger partial charge in [-0.2, -0.15) is 0 Å². The van der Waals surface area contributed by atoms with Gasteiger partial charge >= 0.3 is 0 Å². The van der Waals surface area contributed by atoms with Crippen molar-refractivity contribution in [2.24, 2.45) is 5.92 Å². The average Bonchev–Trinajstić information content (AvgIpc) is 2.65. The molecule has 0 aliphatic carbocycles. The molecule has 3 unspecified atom stereocenters. The molecule has 2 fully saturated rings. The summed E-state index contributed by atoms with van der Waals surface area (Å²) in [5, 5.41) is 3.50. The Labute approximate surface area is 116 Å². The number of rotatable bonds is 3. The number of hydrogen-bond acceptors (Lipinski definition) is 3. The van der Waals surface area contributed by atoms with E-state index in [1.165, 1.54) is 0 Å². The Morgan fingerprint density at radius 2 is 2.16 bits per heavy atom. The molecule has 0 saturated carbocycles. The average molecular weight is 268 g/mol. The number of nitrogens with one attached hydrogen (secondary N) is 1. The third-order valence-electron chi connectivity index (χ3n) is 4.35. The molecule has 2 aliphatic rings. The predicted octanol–water partition coefficient (Wildman–Crippen LogP) is 2.14. The molecule has 0 radical (unpaired) electrons. The molecule has 0 aromatic carbocycles. The Morgan fingerprint density at radius 3 is 2.68 bits per heavy atom. The molecule has 2 saturated heterocycles. The van der Waals surface area contributed by atoms with Crippen molar-refractivity contribution in [1.29, 1.82) is 0 Å². The van der Waals surface area contributed by atoms with E-state index in [0.29, 0.717) is 12.0 Å². The first-order valence-electron chi connectivity index (χ1n) is 7.58. The fourth-order valence-electron chi connectivity index (χ4n) is 3.34. The highest BCUT2D eigenvalue weighted by Crippen LogP contribution is 2.31. The monoisotopic (exact) mass is 268 g/mol. The number of carbonyl (C=O) groups excluding carboxylic acids is 1. The van der Waals surface area contributed by atoms with E-state index in [1.54, 1.807) is 0 Å². The quantitative estimate of drug-likeness (QED) is 0.852. The van der Waals surface area contributed by atoms with Crippen LogP contribution in [0.1, 0.15) is 53.9 Å². The second-order valence-corrected chi connectivity index (χ2v) is 6.81. The largest absolute Gasteiger partial charge is 0.375 e. The van der Waals surface area contributed by atoms with Crippen LogP contribution in [0.4, 0.5) is 0 Å². The van der Waals surface area contributed by atoms with Crippen LogP contribution in [0.15, 0.2) is 0 Å². The van der Waals surface area contributed by atoms with Gasteiger partial charge in [0, 0.05) is 12.6 Å². The van der Waals surface area contributed by atoms with E-state index in [2.05, 4.69) is 44.8 Å². The van der Waals surface area contributed by atoms with Crippen molar-refractivity contribution in [3.8, 4) is 0 Å². The Balaban J connectivity index is 2.15. The minimum Gasteiger partial charge on any atom is -0.375 e. The van der Waals surface area contributed by atoms with E-state index in [-0.39, 0.29) is 23.7 Å². The summed E-state index contributed by atoms with van der Waals surface area (Å²) >= 11 is 0. The fraction of sp³-hybridized carbons (Fsp3) is 0.933. The van der Waals surface area contributed by atoms with Crippen LogP contribution < -0.4 is 5.32 Å². The molecule has 0 bridgehead atoms. The zero-order valence-electron chi connectivity index (χ0n) is 12.9. The number of carbonyl (C=O) groups is 1. The van der Waals surface area contributed by atoms with Gasteiger partial charge in [-0.25, -0.2) is 0 Å². The molecular formula is C15H28N2O2. The lowest BCUT2D eigenvalue weighted by atomic mass is 9.92. The summed E-state index contributed by atoms with van der Waals surface area (Å²) < 4.78 is 5.78. The molecule has 0 aromatic rings. The first-order valence-corrected chi connectivity index (χ1v) is 7.58. The number of amides is 1. The smallest absolute Gasteiger partial charge is 0.241 e. The van der Waals surface area contributed by atoms with Crippen LogP contribution in [0.2, 0.25) is 0 Å². The van der Waals surface area contributed by atoms with Gasteiger partial charge in [0.1, 0.15) is 0 Å². The molecule has 2 rings (SSSR count). The summed E-state index contributed by atoms with van der Waals surface area (Å²) in [6, 6.07) is 0.299. The Hall–Kier alpha value is -0.610. The fourth-order valence-corrected chi connectivity index (χ4v) is 3.34. The minimum atomic E-state index is -0.114. The maximum Gasteiger partial charge on any atom is 0.241 e. The van der Waals surface area contributed by atoms with Crippen LogP contribution in [0, 0.1) is 5.92 Å². The summed E-state index contributed by atoms with van der Waals surface area (Å²) in [7, 11) is 0. The van der Waals surface area contributed by atoms with Crippen molar-refractivity contribution < 1.29 is 9.53 Å². The lowest BCUT2D eigenvalue weighted by Crippen LogP contribution is -2.50. The molecule has 1 amide bonds. The topological polar surface area (TPSA) is 41.6 Å². The summed E-state index contributed by atoms with van der Waals surface area (Å²) in [4.78, 5) is 14.8. The molecule has 19 heavy (non-hydrogen) atoms. The van der Waals surface area contributed by atoms with Crippen LogP contribution in [0.5, 0.6) is 0 Å². The second kappa shape index (κ2) is 5.41. The maximum atomic E-state index is 12.6. The molecule has 1 N–H and O–H groups in total. The van der Waals surface area contributed by atoms with Crippen LogP contribution in [-0.2, 0) is 9.53 Å². The highest BCUT2D eigenvalue weighted by atomic mass is 16.5. The molecule has 2 heterocycles. The van der Waals surface area contributed by atoms with Crippen molar-refractivity contribution >= 4 is 5.91 Å².